The van der Waals surface area contributed by atoms with Crippen LogP contribution in [0.15, 0.2) is 83.5 Å². The van der Waals surface area contributed by atoms with Gasteiger partial charge in [0.25, 0.3) is 0 Å². The largest absolute Gasteiger partial charge is 0.489 e. The van der Waals surface area contributed by atoms with Gasteiger partial charge in [0.15, 0.2) is 0 Å². The Bertz CT molecular complexity index is 936. The minimum atomic E-state index is 0.451. The first kappa shape index (κ1) is 15.1. The van der Waals surface area contributed by atoms with Gasteiger partial charge in [-0.05, 0) is 42.0 Å². The molecule has 0 unspecified atom stereocenters. The summed E-state index contributed by atoms with van der Waals surface area (Å²) < 4.78 is 11.5. The predicted octanol–water partition coefficient (Wildman–Crippen LogP) is 4.38. The molecule has 0 saturated carbocycles. The van der Waals surface area contributed by atoms with Gasteiger partial charge in [-0.3, -0.25) is 4.98 Å². The monoisotopic (exact) mass is 329 g/mol. The molecule has 2 aromatic heterocycles. The Balaban J connectivity index is 1.46. The molecule has 5 heteroatoms. The molecule has 0 radical (unpaired) electrons. The van der Waals surface area contributed by atoms with Crippen molar-refractivity contribution in [2.45, 2.75) is 6.61 Å². The van der Waals surface area contributed by atoms with E-state index in [9.17, 15) is 0 Å². The molecule has 2 heterocycles. The SMILES string of the molecule is c1ccc(COc2ccc(-c3nnc(-c4cccnc4)o3)cc2)cc1. The lowest BCUT2D eigenvalue weighted by molar-refractivity contribution is 0.306. The van der Waals surface area contributed by atoms with Crippen LogP contribution in [0, 0.1) is 0 Å². The van der Waals surface area contributed by atoms with Crippen LogP contribution < -0.4 is 4.74 Å². The standard InChI is InChI=1S/C20H15N3O2/c1-2-5-15(6-3-1)14-24-18-10-8-16(9-11-18)19-22-23-20(25-19)17-7-4-12-21-13-17/h1-13H,14H2. The smallest absolute Gasteiger partial charge is 0.249 e. The number of nitrogens with zero attached hydrogens (tertiary/aromatic N) is 3. The van der Waals surface area contributed by atoms with Crippen LogP contribution >= 0.6 is 0 Å². The molecule has 0 saturated heterocycles. The lowest BCUT2D eigenvalue weighted by Crippen LogP contribution is -1.94. The van der Waals surface area contributed by atoms with Crippen molar-refractivity contribution in [2.24, 2.45) is 0 Å². The molecule has 0 spiro atoms. The molecule has 0 N–H and O–H groups in total. The molecular weight excluding hydrogens is 314 g/mol. The van der Waals surface area contributed by atoms with Gasteiger partial charge in [-0.1, -0.05) is 30.3 Å². The van der Waals surface area contributed by atoms with Crippen LogP contribution in [-0.2, 0) is 6.61 Å². The molecule has 0 fully saturated rings. The van der Waals surface area contributed by atoms with Gasteiger partial charge in [0.1, 0.15) is 12.4 Å². The Labute approximate surface area is 145 Å². The predicted molar refractivity (Wildman–Crippen MR) is 93.7 cm³/mol. The van der Waals surface area contributed by atoms with Gasteiger partial charge in [-0.25, -0.2) is 0 Å². The van der Waals surface area contributed by atoms with Crippen molar-refractivity contribution < 1.29 is 9.15 Å². The minimum Gasteiger partial charge on any atom is -0.489 e. The Morgan fingerprint density at radius 1 is 0.760 bits per heavy atom. The summed E-state index contributed by atoms with van der Waals surface area (Å²) in [6.07, 6.45) is 3.40. The van der Waals surface area contributed by atoms with Crippen LogP contribution in [-0.4, -0.2) is 15.2 Å². The first-order chi connectivity index (χ1) is 12.4. The Morgan fingerprint density at radius 2 is 1.52 bits per heavy atom. The van der Waals surface area contributed by atoms with E-state index >= 15 is 0 Å². The topological polar surface area (TPSA) is 61.0 Å². The second-order valence-electron chi connectivity index (χ2n) is 5.45. The molecule has 0 atom stereocenters. The van der Waals surface area contributed by atoms with E-state index < -0.39 is 0 Å². The van der Waals surface area contributed by atoms with E-state index in [2.05, 4.69) is 15.2 Å². The highest BCUT2D eigenvalue weighted by Gasteiger charge is 2.10. The summed E-state index contributed by atoms with van der Waals surface area (Å²) in [5.41, 5.74) is 2.77. The minimum absolute atomic E-state index is 0.451. The lowest BCUT2D eigenvalue weighted by Gasteiger charge is -2.06. The maximum Gasteiger partial charge on any atom is 0.249 e. The third kappa shape index (κ3) is 3.55. The molecule has 5 nitrogen and oxygen atoms in total. The van der Waals surface area contributed by atoms with E-state index in [1.54, 1.807) is 12.4 Å². The van der Waals surface area contributed by atoms with Gasteiger partial charge in [-0.15, -0.1) is 10.2 Å². The summed E-state index contributed by atoms with van der Waals surface area (Å²) in [5.74, 6) is 1.71. The van der Waals surface area contributed by atoms with E-state index in [-0.39, 0.29) is 0 Å². The molecule has 2 aromatic carbocycles. The summed E-state index contributed by atoms with van der Waals surface area (Å²) in [6.45, 7) is 0.534. The molecule has 0 aliphatic heterocycles. The average molecular weight is 329 g/mol. The molecule has 0 amide bonds. The van der Waals surface area contributed by atoms with E-state index in [4.69, 9.17) is 9.15 Å². The third-order valence-electron chi connectivity index (χ3n) is 3.68. The maximum absolute atomic E-state index is 5.78. The van der Waals surface area contributed by atoms with Crippen LogP contribution in [0.2, 0.25) is 0 Å². The molecule has 4 rings (SSSR count). The van der Waals surface area contributed by atoms with Gasteiger partial charge >= 0.3 is 0 Å². The fourth-order valence-corrected chi connectivity index (χ4v) is 2.38. The number of pyridine rings is 1. The summed E-state index contributed by atoms with van der Waals surface area (Å²) in [7, 11) is 0. The zero-order chi connectivity index (χ0) is 16.9. The van der Waals surface area contributed by atoms with Crippen LogP contribution in [0.3, 0.4) is 0 Å². The van der Waals surface area contributed by atoms with Crippen molar-refractivity contribution in [3.63, 3.8) is 0 Å². The second kappa shape index (κ2) is 6.97. The van der Waals surface area contributed by atoms with Gasteiger partial charge in [-0.2, -0.15) is 0 Å². The lowest BCUT2D eigenvalue weighted by atomic mass is 10.2. The van der Waals surface area contributed by atoms with Gasteiger partial charge in [0.05, 0.1) is 5.56 Å². The highest BCUT2D eigenvalue weighted by Crippen LogP contribution is 2.25. The number of hydrogen-bond donors (Lipinski definition) is 0. The van der Waals surface area contributed by atoms with Gasteiger partial charge in [0.2, 0.25) is 11.8 Å². The number of benzene rings is 2. The highest BCUT2D eigenvalue weighted by molar-refractivity contribution is 5.57. The molecule has 122 valence electrons. The fraction of sp³-hybridized carbons (Fsp3) is 0.0500. The quantitative estimate of drug-likeness (QED) is 0.544. The normalized spacial score (nSPS) is 10.6. The van der Waals surface area contributed by atoms with Crippen LogP contribution in [0.1, 0.15) is 5.56 Å². The Morgan fingerprint density at radius 3 is 2.24 bits per heavy atom. The third-order valence-corrected chi connectivity index (χ3v) is 3.68. The maximum atomic E-state index is 5.78. The Hall–Kier alpha value is -3.47. The number of ether oxygens (including phenoxy) is 1. The Kier molecular flexibility index (Phi) is 4.20. The highest BCUT2D eigenvalue weighted by atomic mass is 16.5. The van der Waals surface area contributed by atoms with Crippen molar-refractivity contribution in [1.82, 2.24) is 15.2 Å². The van der Waals surface area contributed by atoms with Gasteiger partial charge < -0.3 is 9.15 Å². The molecule has 0 aliphatic carbocycles. The first-order valence-corrected chi connectivity index (χ1v) is 7.89. The first-order valence-electron chi connectivity index (χ1n) is 7.89. The summed E-state index contributed by atoms with van der Waals surface area (Å²) >= 11 is 0. The number of rotatable bonds is 5. The van der Waals surface area contributed by atoms with E-state index in [0.29, 0.717) is 18.4 Å². The van der Waals surface area contributed by atoms with Gasteiger partial charge in [0, 0.05) is 18.0 Å². The number of aromatic nitrogens is 3. The zero-order valence-electron chi connectivity index (χ0n) is 13.4. The van der Waals surface area contributed by atoms with E-state index in [0.717, 1.165) is 22.4 Å². The van der Waals surface area contributed by atoms with Crippen molar-refractivity contribution in [3.8, 4) is 28.7 Å². The van der Waals surface area contributed by atoms with Crippen LogP contribution in [0.25, 0.3) is 22.9 Å². The molecule has 0 aliphatic rings. The second-order valence-corrected chi connectivity index (χ2v) is 5.45. The average Bonchev–Trinajstić information content (AvgIpc) is 3.19. The van der Waals surface area contributed by atoms with Crippen molar-refractivity contribution in [2.75, 3.05) is 0 Å². The molecule has 4 aromatic rings. The van der Waals surface area contributed by atoms with Crippen LogP contribution in [0.4, 0.5) is 0 Å². The fourth-order valence-electron chi connectivity index (χ4n) is 2.38. The summed E-state index contributed by atoms with van der Waals surface area (Å²) in [5, 5.41) is 8.17. The zero-order valence-corrected chi connectivity index (χ0v) is 13.4. The van der Waals surface area contributed by atoms with E-state index in [1.165, 1.54) is 0 Å². The summed E-state index contributed by atoms with van der Waals surface area (Å²) in [4.78, 5) is 4.06. The van der Waals surface area contributed by atoms with Crippen molar-refractivity contribution >= 4 is 0 Å². The molecule has 25 heavy (non-hydrogen) atoms. The van der Waals surface area contributed by atoms with Crippen LogP contribution in [0.5, 0.6) is 5.75 Å². The van der Waals surface area contributed by atoms with E-state index in [1.807, 2.05) is 66.7 Å². The van der Waals surface area contributed by atoms with Crippen molar-refractivity contribution in [1.29, 1.82) is 0 Å². The molecule has 0 bridgehead atoms. The molecular formula is C20H15N3O2. The van der Waals surface area contributed by atoms with Crippen molar-refractivity contribution in [3.05, 3.63) is 84.7 Å². The number of hydrogen-bond acceptors (Lipinski definition) is 5. The summed E-state index contributed by atoms with van der Waals surface area (Å²) in [6, 6.07) is 21.4.